The molecule has 2 atom stereocenters. The summed E-state index contributed by atoms with van der Waals surface area (Å²) in [7, 11) is 0. The van der Waals surface area contributed by atoms with Crippen molar-refractivity contribution in [1.82, 2.24) is 9.88 Å². The summed E-state index contributed by atoms with van der Waals surface area (Å²) in [5.74, 6) is -1.04. The molecule has 148 valence electrons. The van der Waals surface area contributed by atoms with Gasteiger partial charge < -0.3 is 19.8 Å². The lowest BCUT2D eigenvalue weighted by molar-refractivity contribution is -0.0910. The summed E-state index contributed by atoms with van der Waals surface area (Å²) in [4.78, 5) is 19.6. The number of benzene rings is 1. The molecule has 0 aliphatic carbocycles. The number of pyridine rings is 1. The van der Waals surface area contributed by atoms with Crippen LogP contribution in [0.25, 0.3) is 0 Å². The average molecular weight is 383 g/mol. The summed E-state index contributed by atoms with van der Waals surface area (Å²) in [6, 6.07) is 13.2. The van der Waals surface area contributed by atoms with Gasteiger partial charge in [0.15, 0.2) is 0 Å². The number of rotatable bonds is 4. The van der Waals surface area contributed by atoms with Gasteiger partial charge in [0.05, 0.1) is 19.3 Å². The van der Waals surface area contributed by atoms with E-state index in [2.05, 4.69) is 14.8 Å². The van der Waals surface area contributed by atoms with Crippen LogP contribution in [0.15, 0.2) is 48.7 Å². The maximum Gasteiger partial charge on any atom is 0.354 e. The molecule has 4 rings (SSSR count). The number of hydrogen-bond acceptors (Lipinski definition) is 6. The monoisotopic (exact) mass is 383 g/mol. The minimum absolute atomic E-state index is 0.0318. The molecule has 1 aromatic heterocycles. The summed E-state index contributed by atoms with van der Waals surface area (Å²) in [5, 5.41) is 21.0. The third kappa shape index (κ3) is 3.61. The summed E-state index contributed by atoms with van der Waals surface area (Å²) in [6.07, 6.45) is 2.09. The number of aliphatic hydroxyl groups is 1. The maximum atomic E-state index is 11.7. The van der Waals surface area contributed by atoms with Gasteiger partial charge in [0.25, 0.3) is 0 Å². The molecule has 0 radical (unpaired) electrons. The molecule has 0 amide bonds. The normalized spacial score (nSPS) is 26.2. The lowest BCUT2D eigenvalue weighted by atomic mass is 9.79. The van der Waals surface area contributed by atoms with Gasteiger partial charge in [0.1, 0.15) is 11.3 Å². The fraction of sp³-hybridized carbons (Fsp3) is 0.429. The molecule has 2 aliphatic rings. The van der Waals surface area contributed by atoms with Crippen LogP contribution in [0.3, 0.4) is 0 Å². The van der Waals surface area contributed by atoms with E-state index in [1.807, 2.05) is 36.4 Å². The minimum Gasteiger partial charge on any atom is -0.477 e. The fourth-order valence-corrected chi connectivity index (χ4v) is 4.26. The second-order valence-electron chi connectivity index (χ2n) is 7.35. The Morgan fingerprint density at radius 3 is 2.61 bits per heavy atom. The highest BCUT2D eigenvalue weighted by molar-refractivity contribution is 5.86. The quantitative estimate of drug-likeness (QED) is 0.829. The van der Waals surface area contributed by atoms with Crippen molar-refractivity contribution in [2.45, 2.75) is 18.1 Å². The van der Waals surface area contributed by atoms with Crippen molar-refractivity contribution in [2.75, 3.05) is 44.3 Å². The molecule has 2 aliphatic heterocycles. The summed E-state index contributed by atoms with van der Waals surface area (Å²) in [6.45, 7) is 4.08. The number of piperidine rings is 1. The second kappa shape index (κ2) is 7.87. The van der Waals surface area contributed by atoms with Gasteiger partial charge in [-0.1, -0.05) is 30.3 Å². The van der Waals surface area contributed by atoms with Crippen molar-refractivity contribution in [3.63, 3.8) is 0 Å². The van der Waals surface area contributed by atoms with E-state index in [0.717, 1.165) is 24.3 Å². The number of carbonyl (C=O) groups is 1. The molecular formula is C21H25N3O4. The number of carboxylic acid groups (broad SMARTS) is 1. The molecule has 7 nitrogen and oxygen atoms in total. The van der Waals surface area contributed by atoms with E-state index in [9.17, 15) is 15.0 Å². The van der Waals surface area contributed by atoms with Crippen LogP contribution in [0.1, 0.15) is 22.5 Å². The van der Waals surface area contributed by atoms with Crippen molar-refractivity contribution in [3.8, 4) is 0 Å². The Labute approximate surface area is 164 Å². The fourth-order valence-electron chi connectivity index (χ4n) is 4.26. The molecule has 2 saturated heterocycles. The first-order valence-electron chi connectivity index (χ1n) is 9.62. The second-order valence-corrected chi connectivity index (χ2v) is 7.35. The summed E-state index contributed by atoms with van der Waals surface area (Å²) < 4.78 is 5.51. The Morgan fingerprint density at radius 2 is 1.89 bits per heavy atom. The van der Waals surface area contributed by atoms with Crippen molar-refractivity contribution < 1.29 is 19.7 Å². The third-order valence-corrected chi connectivity index (χ3v) is 5.80. The molecule has 0 unspecified atom stereocenters. The number of aromatic nitrogens is 1. The highest BCUT2D eigenvalue weighted by Crippen LogP contribution is 2.37. The van der Waals surface area contributed by atoms with E-state index < -0.39 is 11.6 Å². The molecule has 2 aromatic rings. The zero-order valence-electron chi connectivity index (χ0n) is 15.7. The van der Waals surface area contributed by atoms with Crippen LogP contribution < -0.4 is 4.90 Å². The zero-order chi connectivity index (χ0) is 19.6. The first kappa shape index (κ1) is 18.9. The Morgan fingerprint density at radius 1 is 1.14 bits per heavy atom. The molecule has 2 N–H and O–H groups in total. The number of hydrogen-bond donors (Lipinski definition) is 2. The Bertz CT molecular complexity index is 825. The molecule has 2 fully saturated rings. The smallest absolute Gasteiger partial charge is 0.354 e. The number of nitrogens with zero attached hydrogens (tertiary/aromatic N) is 3. The molecule has 28 heavy (non-hydrogen) atoms. The Kier molecular flexibility index (Phi) is 5.30. The van der Waals surface area contributed by atoms with Crippen LogP contribution in [0.4, 0.5) is 5.69 Å². The van der Waals surface area contributed by atoms with E-state index in [4.69, 9.17) is 4.74 Å². The molecule has 0 bridgehead atoms. The van der Waals surface area contributed by atoms with Gasteiger partial charge in [0.2, 0.25) is 0 Å². The van der Waals surface area contributed by atoms with Crippen LogP contribution in [0.2, 0.25) is 0 Å². The lowest BCUT2D eigenvalue weighted by Gasteiger charge is -2.50. The first-order chi connectivity index (χ1) is 13.6. The maximum absolute atomic E-state index is 11.7. The Hall–Kier alpha value is -2.48. The van der Waals surface area contributed by atoms with Crippen LogP contribution in [0.5, 0.6) is 0 Å². The molecule has 3 heterocycles. The predicted molar refractivity (Wildman–Crippen MR) is 105 cm³/mol. The van der Waals surface area contributed by atoms with Gasteiger partial charge in [-0.25, -0.2) is 9.78 Å². The number of aromatic carboxylic acids is 1. The summed E-state index contributed by atoms with van der Waals surface area (Å²) in [5.41, 5.74) is 0.815. The van der Waals surface area contributed by atoms with E-state index in [-0.39, 0.29) is 11.7 Å². The molecule has 1 aromatic carbocycles. The topological polar surface area (TPSA) is 86.1 Å². The van der Waals surface area contributed by atoms with Gasteiger partial charge in [-0.2, -0.15) is 0 Å². The molecule has 7 heteroatoms. The summed E-state index contributed by atoms with van der Waals surface area (Å²) >= 11 is 0. The standard InChI is InChI=1S/C21H25N3O4/c25-20(26)18-14-17(6-8-22-18)24-9-7-21(27,16-4-2-1-3-5-16)19(15-24)23-10-12-28-13-11-23/h1-6,8,14,19,27H,7,9-13,15H2,(H,25,26)/t19-,21+/m1/s1. The largest absolute Gasteiger partial charge is 0.477 e. The van der Waals surface area contributed by atoms with Crippen LogP contribution in [-0.2, 0) is 10.3 Å². The van der Waals surface area contributed by atoms with E-state index >= 15 is 0 Å². The number of ether oxygens (including phenoxy) is 1. The number of morpholine rings is 1. The van der Waals surface area contributed by atoms with Gasteiger partial charge in [-0.05, 0) is 24.1 Å². The minimum atomic E-state index is -1.04. The van der Waals surface area contributed by atoms with Crippen molar-refractivity contribution in [2.24, 2.45) is 0 Å². The lowest BCUT2D eigenvalue weighted by Crippen LogP contribution is -2.62. The molecule has 0 spiro atoms. The number of carboxylic acids is 1. The van der Waals surface area contributed by atoms with E-state index in [0.29, 0.717) is 32.7 Å². The van der Waals surface area contributed by atoms with E-state index in [1.54, 1.807) is 6.07 Å². The first-order valence-corrected chi connectivity index (χ1v) is 9.62. The molecular weight excluding hydrogens is 358 g/mol. The molecule has 0 saturated carbocycles. The highest BCUT2D eigenvalue weighted by atomic mass is 16.5. The van der Waals surface area contributed by atoms with Gasteiger partial charge in [-0.3, -0.25) is 4.90 Å². The Balaban J connectivity index is 1.65. The van der Waals surface area contributed by atoms with E-state index in [1.165, 1.54) is 6.20 Å². The van der Waals surface area contributed by atoms with Gasteiger partial charge >= 0.3 is 5.97 Å². The van der Waals surface area contributed by atoms with Gasteiger partial charge in [0, 0.05) is 38.1 Å². The van der Waals surface area contributed by atoms with Crippen molar-refractivity contribution >= 4 is 11.7 Å². The van der Waals surface area contributed by atoms with Gasteiger partial charge in [-0.15, -0.1) is 0 Å². The highest BCUT2D eigenvalue weighted by Gasteiger charge is 2.46. The average Bonchev–Trinajstić information content (AvgIpc) is 2.75. The van der Waals surface area contributed by atoms with Crippen LogP contribution >= 0.6 is 0 Å². The van der Waals surface area contributed by atoms with Crippen molar-refractivity contribution in [1.29, 1.82) is 0 Å². The zero-order valence-corrected chi connectivity index (χ0v) is 15.7. The SMILES string of the molecule is O=C(O)c1cc(N2CC[C@](O)(c3ccccc3)[C@H](N3CCOCC3)C2)ccn1. The predicted octanol–water partition coefficient (Wildman–Crippen LogP) is 1.58. The number of anilines is 1. The third-order valence-electron chi connectivity index (χ3n) is 5.80. The van der Waals surface area contributed by atoms with Crippen molar-refractivity contribution in [3.05, 3.63) is 59.9 Å². The van der Waals surface area contributed by atoms with Crippen LogP contribution in [-0.4, -0.2) is 71.5 Å². The van der Waals surface area contributed by atoms with Crippen LogP contribution in [0, 0.1) is 0 Å².